The van der Waals surface area contributed by atoms with Crippen LogP contribution in [0.2, 0.25) is 0 Å². The molecule has 2 heteroatoms. The molecule has 0 N–H and O–H groups in total. The quantitative estimate of drug-likeness (QED) is 0.530. The second kappa shape index (κ2) is 6.05. The molecule has 0 bridgehead atoms. The molecule has 0 spiro atoms. The van der Waals surface area contributed by atoms with E-state index in [0.717, 1.165) is 19.8 Å². The largest absolute Gasteiger partial charge is 0.382 e. The van der Waals surface area contributed by atoms with Crippen LogP contribution in [0.15, 0.2) is 0 Å². The van der Waals surface area contributed by atoms with Crippen molar-refractivity contribution in [3.8, 4) is 0 Å². The Kier molecular flexibility index (Phi) is 5.99. The molecule has 1 saturated heterocycles. The fourth-order valence-electron chi connectivity index (χ4n) is 0.300. The van der Waals surface area contributed by atoms with Gasteiger partial charge < -0.3 is 9.47 Å². The van der Waals surface area contributed by atoms with E-state index in [4.69, 9.17) is 9.47 Å². The minimum atomic E-state index is 0.583. The molecule has 1 fully saturated rings. The van der Waals surface area contributed by atoms with E-state index in [0.29, 0.717) is 6.10 Å². The fraction of sp³-hybridized carbons (Fsp3) is 1.00. The maximum Gasteiger partial charge on any atom is 0.0781 e. The standard InChI is InChI=1S/C4H10O.C3H6O/c1-3-5-4-2;1-3-2-4-3/h3-4H2,1-2H3;3H,2H2,1H3. The van der Waals surface area contributed by atoms with E-state index in [1.807, 2.05) is 13.8 Å². The summed E-state index contributed by atoms with van der Waals surface area (Å²) in [5.74, 6) is 0. The highest BCUT2D eigenvalue weighted by Gasteiger charge is 2.13. The van der Waals surface area contributed by atoms with Crippen molar-refractivity contribution in [1.29, 1.82) is 0 Å². The van der Waals surface area contributed by atoms with Crippen molar-refractivity contribution in [2.45, 2.75) is 26.9 Å². The fourth-order valence-corrected chi connectivity index (χ4v) is 0.300. The monoisotopic (exact) mass is 132 g/mol. The molecular formula is C7H16O2. The number of epoxide rings is 1. The zero-order valence-corrected chi connectivity index (χ0v) is 6.52. The minimum Gasteiger partial charge on any atom is -0.382 e. The molecule has 56 valence electrons. The molecule has 0 amide bonds. The molecule has 0 saturated carbocycles. The van der Waals surface area contributed by atoms with Crippen LogP contribution in [-0.4, -0.2) is 25.9 Å². The summed E-state index contributed by atoms with van der Waals surface area (Å²) >= 11 is 0. The zero-order valence-electron chi connectivity index (χ0n) is 6.52. The van der Waals surface area contributed by atoms with Crippen molar-refractivity contribution in [3.63, 3.8) is 0 Å². The van der Waals surface area contributed by atoms with Gasteiger partial charge in [0.2, 0.25) is 0 Å². The first-order chi connectivity index (χ1) is 4.31. The van der Waals surface area contributed by atoms with E-state index in [9.17, 15) is 0 Å². The molecule has 2 nitrogen and oxygen atoms in total. The second-order valence-electron chi connectivity index (χ2n) is 1.93. The van der Waals surface area contributed by atoms with Crippen LogP contribution in [0.4, 0.5) is 0 Å². The van der Waals surface area contributed by atoms with Gasteiger partial charge in [0.25, 0.3) is 0 Å². The first-order valence-corrected chi connectivity index (χ1v) is 3.50. The third-order valence-corrected chi connectivity index (χ3v) is 0.908. The van der Waals surface area contributed by atoms with Gasteiger partial charge in [-0.3, -0.25) is 0 Å². The number of hydrogen-bond donors (Lipinski definition) is 0. The normalized spacial score (nSPS) is 22.3. The van der Waals surface area contributed by atoms with Gasteiger partial charge in [-0.1, -0.05) is 0 Å². The van der Waals surface area contributed by atoms with Gasteiger partial charge in [0.1, 0.15) is 0 Å². The Morgan fingerprint density at radius 2 is 1.78 bits per heavy atom. The molecule has 1 aliphatic rings. The van der Waals surface area contributed by atoms with Crippen LogP contribution in [0.3, 0.4) is 0 Å². The summed E-state index contributed by atoms with van der Waals surface area (Å²) in [6, 6.07) is 0. The molecule has 0 aromatic heterocycles. The van der Waals surface area contributed by atoms with Gasteiger partial charge in [-0.15, -0.1) is 0 Å². The molecule has 1 aliphatic heterocycles. The smallest absolute Gasteiger partial charge is 0.0781 e. The summed E-state index contributed by atoms with van der Waals surface area (Å²) in [4.78, 5) is 0. The predicted molar refractivity (Wildman–Crippen MR) is 37.6 cm³/mol. The van der Waals surface area contributed by atoms with Crippen LogP contribution in [0.5, 0.6) is 0 Å². The van der Waals surface area contributed by atoms with Crippen molar-refractivity contribution < 1.29 is 9.47 Å². The maximum atomic E-state index is 4.83. The predicted octanol–water partition coefficient (Wildman–Crippen LogP) is 1.45. The molecule has 0 aliphatic carbocycles. The summed E-state index contributed by atoms with van der Waals surface area (Å²) in [5.41, 5.74) is 0. The molecule has 1 rings (SSSR count). The zero-order chi connectivity index (χ0) is 7.11. The maximum absolute atomic E-state index is 4.83. The van der Waals surface area contributed by atoms with E-state index >= 15 is 0 Å². The van der Waals surface area contributed by atoms with E-state index in [1.165, 1.54) is 0 Å². The molecule has 1 heterocycles. The Morgan fingerprint density at radius 3 is 1.78 bits per heavy atom. The summed E-state index contributed by atoms with van der Waals surface area (Å²) < 4.78 is 9.54. The Hall–Kier alpha value is -0.0800. The van der Waals surface area contributed by atoms with Gasteiger partial charge in [0.15, 0.2) is 0 Å². The Labute approximate surface area is 57.2 Å². The second-order valence-corrected chi connectivity index (χ2v) is 1.93. The van der Waals surface area contributed by atoms with E-state index in [1.54, 1.807) is 0 Å². The molecule has 0 aromatic rings. The van der Waals surface area contributed by atoms with Gasteiger partial charge in [-0.2, -0.15) is 0 Å². The van der Waals surface area contributed by atoms with Crippen LogP contribution in [-0.2, 0) is 9.47 Å². The van der Waals surface area contributed by atoms with Gasteiger partial charge in [0, 0.05) is 13.2 Å². The Balaban J connectivity index is 0.000000144. The molecular weight excluding hydrogens is 116 g/mol. The Bertz CT molecular complexity index is 48.9. The third kappa shape index (κ3) is 11.5. The summed E-state index contributed by atoms with van der Waals surface area (Å²) in [7, 11) is 0. The van der Waals surface area contributed by atoms with Gasteiger partial charge in [0.05, 0.1) is 12.7 Å². The van der Waals surface area contributed by atoms with E-state index < -0.39 is 0 Å². The van der Waals surface area contributed by atoms with Crippen LogP contribution in [0.25, 0.3) is 0 Å². The van der Waals surface area contributed by atoms with Crippen LogP contribution in [0.1, 0.15) is 20.8 Å². The molecule has 0 aromatic carbocycles. The van der Waals surface area contributed by atoms with Gasteiger partial charge in [-0.25, -0.2) is 0 Å². The van der Waals surface area contributed by atoms with Gasteiger partial charge >= 0.3 is 0 Å². The lowest BCUT2D eigenvalue weighted by Crippen LogP contribution is -1.84. The average molecular weight is 132 g/mol. The summed E-state index contributed by atoms with van der Waals surface area (Å²) in [6.07, 6.45) is 0.583. The lowest BCUT2D eigenvalue weighted by atomic mass is 10.6. The van der Waals surface area contributed by atoms with Crippen LogP contribution in [0, 0.1) is 0 Å². The first-order valence-electron chi connectivity index (χ1n) is 3.50. The molecule has 9 heavy (non-hydrogen) atoms. The molecule has 1 unspecified atom stereocenters. The molecule has 1 atom stereocenters. The number of rotatable bonds is 2. The van der Waals surface area contributed by atoms with Crippen molar-refractivity contribution in [1.82, 2.24) is 0 Å². The highest BCUT2D eigenvalue weighted by Crippen LogP contribution is 2.04. The lowest BCUT2D eigenvalue weighted by Gasteiger charge is -1.86. The molecule has 0 radical (unpaired) electrons. The average Bonchev–Trinajstić information content (AvgIpc) is 2.55. The van der Waals surface area contributed by atoms with Crippen LogP contribution < -0.4 is 0 Å². The highest BCUT2D eigenvalue weighted by atomic mass is 16.6. The summed E-state index contributed by atoms with van der Waals surface area (Å²) in [5, 5.41) is 0. The lowest BCUT2D eigenvalue weighted by molar-refractivity contribution is 0.162. The van der Waals surface area contributed by atoms with E-state index in [-0.39, 0.29) is 0 Å². The summed E-state index contributed by atoms with van der Waals surface area (Å²) in [6.45, 7) is 8.71. The van der Waals surface area contributed by atoms with Crippen molar-refractivity contribution in [3.05, 3.63) is 0 Å². The minimum absolute atomic E-state index is 0.583. The topological polar surface area (TPSA) is 21.8 Å². The van der Waals surface area contributed by atoms with Crippen molar-refractivity contribution >= 4 is 0 Å². The Morgan fingerprint density at radius 1 is 1.44 bits per heavy atom. The SMILES string of the molecule is CC1CO1.CCOCC. The third-order valence-electron chi connectivity index (χ3n) is 0.908. The highest BCUT2D eigenvalue weighted by molar-refractivity contribution is 4.58. The van der Waals surface area contributed by atoms with Gasteiger partial charge in [-0.05, 0) is 20.8 Å². The first kappa shape index (κ1) is 8.92. The van der Waals surface area contributed by atoms with Crippen LogP contribution >= 0.6 is 0 Å². The number of ether oxygens (including phenoxy) is 2. The number of hydrogen-bond acceptors (Lipinski definition) is 2. The van der Waals surface area contributed by atoms with E-state index in [2.05, 4.69) is 6.92 Å². The van der Waals surface area contributed by atoms with Crippen molar-refractivity contribution in [2.24, 2.45) is 0 Å². The van der Waals surface area contributed by atoms with Crippen molar-refractivity contribution in [2.75, 3.05) is 19.8 Å².